The lowest BCUT2D eigenvalue weighted by Gasteiger charge is -2.17. The molecule has 1 aromatic carbocycles. The van der Waals surface area contributed by atoms with Crippen molar-refractivity contribution in [1.29, 1.82) is 5.26 Å². The number of Topliss-reactive ketones (excluding diaryl/α,β-unsaturated/α-hetero) is 1. The fraction of sp³-hybridized carbons (Fsp3) is 0.333. The van der Waals surface area contributed by atoms with Gasteiger partial charge < -0.3 is 9.67 Å². The minimum Gasteiger partial charge on any atom is -0.379 e. The van der Waals surface area contributed by atoms with Gasteiger partial charge in [0.05, 0.1) is 23.4 Å². The van der Waals surface area contributed by atoms with Crippen LogP contribution in [0.25, 0.3) is 0 Å². The van der Waals surface area contributed by atoms with Crippen molar-refractivity contribution in [2.45, 2.75) is 43.2 Å². The van der Waals surface area contributed by atoms with Crippen LogP contribution in [0.5, 0.6) is 0 Å². The predicted octanol–water partition coefficient (Wildman–Crippen LogP) is 1.22. The fourth-order valence-corrected chi connectivity index (χ4v) is 5.21. The van der Waals surface area contributed by atoms with Gasteiger partial charge in [0.1, 0.15) is 11.0 Å². The van der Waals surface area contributed by atoms with E-state index in [1.807, 2.05) is 6.92 Å². The molecule has 2 atom stereocenters. The molecule has 0 fully saturated rings. The molecular formula is C21H21N3O4S. The lowest BCUT2D eigenvalue weighted by molar-refractivity contribution is 0.0984. The maximum Gasteiger partial charge on any atom is 0.242 e. The van der Waals surface area contributed by atoms with E-state index >= 15 is 0 Å². The number of hydrogen-bond acceptors (Lipinski definition) is 5. The van der Waals surface area contributed by atoms with Crippen LogP contribution in [0.15, 0.2) is 29.3 Å². The van der Waals surface area contributed by atoms with Gasteiger partial charge in [0.2, 0.25) is 10.0 Å². The van der Waals surface area contributed by atoms with Crippen molar-refractivity contribution in [3.63, 3.8) is 0 Å². The number of aliphatic hydroxyl groups excluding tert-OH is 1. The molecule has 0 unspecified atom stereocenters. The van der Waals surface area contributed by atoms with E-state index in [1.165, 1.54) is 10.8 Å². The number of sulfonamides is 1. The zero-order chi connectivity index (χ0) is 21.3. The first kappa shape index (κ1) is 20.8. The van der Waals surface area contributed by atoms with Crippen molar-refractivity contribution in [3.05, 3.63) is 52.3 Å². The molecule has 7 nitrogen and oxygen atoms in total. The molecule has 0 aliphatic carbocycles. The first-order valence-corrected chi connectivity index (χ1v) is 10.5. The largest absolute Gasteiger partial charge is 0.379 e. The number of nitrogens with one attached hydrogen (secondary N) is 1. The molecule has 8 heteroatoms. The standard InChI is InChI=1S/C21H21N3O4S/c1-4-18(25)17-8-7-16-20(29(27,28)23-17)12-24(3)21(16)19(26)10-14-6-5-13(2)15(9-14)11-22/h1,5-6,9,12,17-18,23,25H,7-8,10H2,2-3H3/t17-,18+/m0/s1. The lowest BCUT2D eigenvalue weighted by atomic mass is 9.97. The van der Waals surface area contributed by atoms with E-state index in [1.54, 1.807) is 25.2 Å². The topological polar surface area (TPSA) is 112 Å². The number of aromatic nitrogens is 1. The summed E-state index contributed by atoms with van der Waals surface area (Å²) in [6.07, 6.45) is 5.98. The molecule has 0 spiro atoms. The Morgan fingerprint density at radius 2 is 2.21 bits per heavy atom. The van der Waals surface area contributed by atoms with E-state index in [9.17, 15) is 23.6 Å². The zero-order valence-electron chi connectivity index (χ0n) is 16.1. The number of hydrogen-bond donors (Lipinski definition) is 2. The third-order valence-corrected chi connectivity index (χ3v) is 6.70. The Morgan fingerprint density at radius 3 is 2.86 bits per heavy atom. The summed E-state index contributed by atoms with van der Waals surface area (Å²) in [7, 11) is -2.30. The molecule has 29 heavy (non-hydrogen) atoms. The van der Waals surface area contributed by atoms with Crippen molar-refractivity contribution in [2.24, 2.45) is 7.05 Å². The molecule has 2 N–H and O–H groups in total. The number of terminal acetylenes is 1. The zero-order valence-corrected chi connectivity index (χ0v) is 17.0. The van der Waals surface area contributed by atoms with Crippen LogP contribution in [0.1, 0.15) is 39.2 Å². The summed E-state index contributed by atoms with van der Waals surface area (Å²) in [5.41, 5.74) is 2.73. The Morgan fingerprint density at radius 1 is 1.48 bits per heavy atom. The molecule has 2 heterocycles. The summed E-state index contributed by atoms with van der Waals surface area (Å²) in [5, 5.41) is 19.1. The highest BCUT2D eigenvalue weighted by Crippen LogP contribution is 2.29. The number of aliphatic hydroxyl groups is 1. The molecule has 2 aromatic rings. The number of rotatable bonds is 4. The second-order valence-electron chi connectivity index (χ2n) is 7.17. The van der Waals surface area contributed by atoms with Gasteiger partial charge in [0, 0.05) is 25.2 Å². The van der Waals surface area contributed by atoms with Crippen LogP contribution in [0.3, 0.4) is 0 Å². The van der Waals surface area contributed by atoms with Crippen molar-refractivity contribution >= 4 is 15.8 Å². The second-order valence-corrected chi connectivity index (χ2v) is 8.85. The van der Waals surface area contributed by atoms with E-state index < -0.39 is 22.2 Å². The summed E-state index contributed by atoms with van der Waals surface area (Å²) in [6.45, 7) is 1.82. The van der Waals surface area contributed by atoms with Gasteiger partial charge in [0.25, 0.3) is 0 Å². The van der Waals surface area contributed by atoms with Crippen LogP contribution in [-0.2, 0) is 29.9 Å². The average Bonchev–Trinajstić information content (AvgIpc) is 2.96. The van der Waals surface area contributed by atoms with Gasteiger partial charge in [-0.05, 0) is 37.0 Å². The molecule has 3 rings (SSSR count). The number of aryl methyl sites for hydroxylation is 2. The van der Waals surface area contributed by atoms with Crippen LogP contribution in [-0.4, -0.2) is 36.0 Å². The molecule has 1 aromatic heterocycles. The Balaban J connectivity index is 1.97. The van der Waals surface area contributed by atoms with Crippen LogP contribution in [0.4, 0.5) is 0 Å². The van der Waals surface area contributed by atoms with E-state index in [2.05, 4.69) is 16.7 Å². The van der Waals surface area contributed by atoms with Crippen LogP contribution in [0.2, 0.25) is 0 Å². The molecule has 0 radical (unpaired) electrons. The monoisotopic (exact) mass is 411 g/mol. The number of nitriles is 1. The first-order chi connectivity index (χ1) is 13.7. The SMILES string of the molecule is C#C[C@@H](O)[C@@H]1CCc2c(cn(C)c2C(=O)Cc2ccc(C)c(C#N)c2)S(=O)(=O)N1. The third-order valence-electron chi connectivity index (χ3n) is 5.15. The fourth-order valence-electron chi connectivity index (χ4n) is 3.61. The highest BCUT2D eigenvalue weighted by atomic mass is 32.2. The van der Waals surface area contributed by atoms with Crippen LogP contribution >= 0.6 is 0 Å². The summed E-state index contributed by atoms with van der Waals surface area (Å²) in [5.74, 6) is 1.90. The maximum atomic E-state index is 13.0. The second kappa shape index (κ2) is 7.84. The van der Waals surface area contributed by atoms with E-state index in [0.717, 1.165) is 5.56 Å². The Bertz CT molecular complexity index is 1170. The predicted molar refractivity (Wildman–Crippen MR) is 107 cm³/mol. The highest BCUT2D eigenvalue weighted by molar-refractivity contribution is 7.89. The van der Waals surface area contributed by atoms with Crippen molar-refractivity contribution < 1.29 is 18.3 Å². The maximum absolute atomic E-state index is 13.0. The number of carbonyl (C=O) groups is 1. The van der Waals surface area contributed by atoms with Crippen molar-refractivity contribution in [2.75, 3.05) is 0 Å². The molecule has 0 saturated heterocycles. The molecule has 0 bridgehead atoms. The third kappa shape index (κ3) is 3.96. The van der Waals surface area contributed by atoms with Crippen LogP contribution < -0.4 is 4.72 Å². The molecule has 150 valence electrons. The summed E-state index contributed by atoms with van der Waals surface area (Å²) in [6, 6.07) is 6.53. The highest BCUT2D eigenvalue weighted by Gasteiger charge is 2.34. The molecule has 1 aliphatic heterocycles. The minimum absolute atomic E-state index is 0.0247. The van der Waals surface area contributed by atoms with Gasteiger partial charge in [-0.3, -0.25) is 4.79 Å². The number of benzene rings is 1. The van der Waals surface area contributed by atoms with Gasteiger partial charge >= 0.3 is 0 Å². The lowest BCUT2D eigenvalue weighted by Crippen LogP contribution is -2.41. The summed E-state index contributed by atoms with van der Waals surface area (Å²) < 4.78 is 29.4. The van der Waals surface area contributed by atoms with Gasteiger partial charge in [-0.15, -0.1) is 6.42 Å². The normalized spacial score (nSPS) is 18.7. The van der Waals surface area contributed by atoms with Gasteiger partial charge in [-0.1, -0.05) is 18.1 Å². The van der Waals surface area contributed by atoms with Gasteiger partial charge in [-0.2, -0.15) is 5.26 Å². The average molecular weight is 411 g/mol. The minimum atomic E-state index is -3.93. The van der Waals surface area contributed by atoms with E-state index in [-0.39, 0.29) is 29.9 Å². The Hall–Kier alpha value is -2.91. The molecule has 0 amide bonds. The molecule has 0 saturated carbocycles. The number of carbonyl (C=O) groups excluding carboxylic acids is 1. The van der Waals surface area contributed by atoms with Gasteiger partial charge in [-0.25, -0.2) is 13.1 Å². The first-order valence-electron chi connectivity index (χ1n) is 9.05. The summed E-state index contributed by atoms with van der Waals surface area (Å²) in [4.78, 5) is 13.1. The number of fused-ring (bicyclic) bond motifs is 1. The molecule has 1 aliphatic rings. The Labute approximate surface area is 170 Å². The summed E-state index contributed by atoms with van der Waals surface area (Å²) >= 11 is 0. The quantitative estimate of drug-likeness (QED) is 0.580. The van der Waals surface area contributed by atoms with Crippen molar-refractivity contribution in [1.82, 2.24) is 9.29 Å². The smallest absolute Gasteiger partial charge is 0.242 e. The van der Waals surface area contributed by atoms with E-state index in [0.29, 0.717) is 22.4 Å². The van der Waals surface area contributed by atoms with Crippen molar-refractivity contribution in [3.8, 4) is 18.4 Å². The number of ketones is 1. The van der Waals surface area contributed by atoms with E-state index in [4.69, 9.17) is 6.42 Å². The van der Waals surface area contributed by atoms with Gasteiger partial charge in [0.15, 0.2) is 5.78 Å². The molecular weight excluding hydrogens is 390 g/mol. The van der Waals surface area contributed by atoms with Crippen LogP contribution in [0, 0.1) is 30.6 Å². The number of nitrogens with zero attached hydrogens (tertiary/aromatic N) is 2. The Kier molecular flexibility index (Phi) is 5.63.